The molecular weight excluding hydrogens is 268 g/mol. The highest BCUT2D eigenvalue weighted by Gasteiger charge is 2.19. The largest absolute Gasteiger partial charge is 0.354 e. The first-order valence-electron chi connectivity index (χ1n) is 7.46. The molecule has 0 radical (unpaired) electrons. The molecule has 0 spiro atoms. The summed E-state index contributed by atoms with van der Waals surface area (Å²) in [5.41, 5.74) is 0. The van der Waals surface area contributed by atoms with E-state index in [1.54, 1.807) is 11.2 Å². The van der Waals surface area contributed by atoms with Crippen molar-refractivity contribution in [3.05, 3.63) is 12.4 Å². The Bertz CT molecular complexity index is 480. The fraction of sp³-hybridized carbons (Fsp3) is 0.643. The molecule has 7 heteroatoms. The minimum absolute atomic E-state index is 0.761. The fourth-order valence-electron chi connectivity index (χ4n) is 2.78. The molecule has 7 nitrogen and oxygen atoms in total. The third kappa shape index (κ3) is 3.24. The van der Waals surface area contributed by atoms with Crippen LogP contribution in [-0.2, 0) is 4.79 Å². The Hall–Kier alpha value is -1.89. The van der Waals surface area contributed by atoms with Gasteiger partial charge in [-0.1, -0.05) is 0 Å². The van der Waals surface area contributed by atoms with Crippen molar-refractivity contribution in [1.29, 1.82) is 0 Å². The van der Waals surface area contributed by atoms with Crippen LogP contribution in [0.25, 0.3) is 0 Å². The third-order valence-electron chi connectivity index (χ3n) is 4.25. The minimum atomic E-state index is 0.761. The van der Waals surface area contributed by atoms with Crippen LogP contribution in [-0.4, -0.2) is 85.6 Å². The number of hydrogen-bond donors (Lipinski definition) is 0. The van der Waals surface area contributed by atoms with Crippen LogP contribution in [0.2, 0.25) is 0 Å². The van der Waals surface area contributed by atoms with Crippen molar-refractivity contribution in [2.75, 3.05) is 69.2 Å². The van der Waals surface area contributed by atoms with E-state index in [0.717, 1.165) is 70.4 Å². The molecule has 1 aromatic heterocycles. The Morgan fingerprint density at radius 1 is 0.905 bits per heavy atom. The smallest absolute Gasteiger partial charge is 0.209 e. The summed E-state index contributed by atoms with van der Waals surface area (Å²) in [7, 11) is 2.15. The third-order valence-corrected chi connectivity index (χ3v) is 4.25. The van der Waals surface area contributed by atoms with E-state index in [2.05, 4.69) is 37.8 Å². The number of aromatic nitrogens is 2. The number of amides is 1. The number of carbonyl (C=O) groups is 1. The van der Waals surface area contributed by atoms with Crippen molar-refractivity contribution in [1.82, 2.24) is 19.8 Å². The van der Waals surface area contributed by atoms with Crippen molar-refractivity contribution in [2.24, 2.45) is 0 Å². The van der Waals surface area contributed by atoms with Gasteiger partial charge < -0.3 is 19.6 Å². The lowest BCUT2D eigenvalue weighted by Gasteiger charge is -2.35. The Morgan fingerprint density at radius 2 is 1.43 bits per heavy atom. The van der Waals surface area contributed by atoms with Crippen LogP contribution in [0, 0.1) is 0 Å². The van der Waals surface area contributed by atoms with E-state index < -0.39 is 0 Å². The Kier molecular flexibility index (Phi) is 4.19. The van der Waals surface area contributed by atoms with Gasteiger partial charge in [-0.15, -0.1) is 0 Å². The SMILES string of the molecule is CN1CCN(c2cc(N3CCN(C=O)CC3)ncn2)CC1. The topological polar surface area (TPSA) is 55.8 Å². The van der Waals surface area contributed by atoms with Gasteiger partial charge in [0, 0.05) is 58.4 Å². The van der Waals surface area contributed by atoms with E-state index in [0.29, 0.717) is 0 Å². The Labute approximate surface area is 125 Å². The number of anilines is 2. The van der Waals surface area contributed by atoms with Gasteiger partial charge in [-0.3, -0.25) is 4.79 Å². The average molecular weight is 290 g/mol. The molecule has 1 aromatic rings. The summed E-state index contributed by atoms with van der Waals surface area (Å²) in [5.74, 6) is 1.97. The van der Waals surface area contributed by atoms with E-state index in [-0.39, 0.29) is 0 Å². The molecule has 0 aromatic carbocycles. The van der Waals surface area contributed by atoms with E-state index in [1.165, 1.54) is 0 Å². The summed E-state index contributed by atoms with van der Waals surface area (Å²) in [6.07, 6.45) is 2.57. The lowest BCUT2D eigenvalue weighted by molar-refractivity contribution is -0.118. The second-order valence-corrected chi connectivity index (χ2v) is 5.65. The van der Waals surface area contributed by atoms with Crippen molar-refractivity contribution in [3.63, 3.8) is 0 Å². The molecule has 2 aliphatic rings. The summed E-state index contributed by atoms with van der Waals surface area (Å²) in [5, 5.41) is 0. The predicted octanol–water partition coefficient (Wildman–Crippen LogP) is -0.493. The molecular formula is C14H22N6O. The molecule has 0 aliphatic carbocycles. The number of likely N-dealkylation sites (N-methyl/N-ethyl adjacent to an activating group) is 1. The zero-order valence-corrected chi connectivity index (χ0v) is 12.5. The highest BCUT2D eigenvalue weighted by Crippen LogP contribution is 2.19. The van der Waals surface area contributed by atoms with Crippen LogP contribution < -0.4 is 9.80 Å². The molecule has 21 heavy (non-hydrogen) atoms. The van der Waals surface area contributed by atoms with Crippen LogP contribution in [0.4, 0.5) is 11.6 Å². The maximum atomic E-state index is 10.8. The monoisotopic (exact) mass is 290 g/mol. The van der Waals surface area contributed by atoms with Crippen LogP contribution in [0.5, 0.6) is 0 Å². The highest BCUT2D eigenvalue weighted by molar-refractivity contribution is 5.52. The van der Waals surface area contributed by atoms with Gasteiger partial charge in [-0.25, -0.2) is 9.97 Å². The summed E-state index contributed by atoms with van der Waals surface area (Å²) < 4.78 is 0. The zero-order valence-electron chi connectivity index (χ0n) is 12.5. The molecule has 2 aliphatic heterocycles. The number of carbonyl (C=O) groups excluding carboxylic acids is 1. The van der Waals surface area contributed by atoms with Crippen molar-refractivity contribution < 1.29 is 4.79 Å². The van der Waals surface area contributed by atoms with Crippen LogP contribution >= 0.6 is 0 Å². The zero-order chi connectivity index (χ0) is 14.7. The van der Waals surface area contributed by atoms with Gasteiger partial charge >= 0.3 is 0 Å². The highest BCUT2D eigenvalue weighted by atomic mass is 16.1. The van der Waals surface area contributed by atoms with Crippen LogP contribution in [0.1, 0.15) is 0 Å². The van der Waals surface area contributed by atoms with Gasteiger partial charge in [0.05, 0.1) is 0 Å². The summed E-state index contributed by atoms with van der Waals surface area (Å²) >= 11 is 0. The Balaban J connectivity index is 1.67. The Morgan fingerprint density at radius 3 is 1.95 bits per heavy atom. The molecule has 3 rings (SSSR count). The summed E-state index contributed by atoms with van der Waals surface area (Å²) in [4.78, 5) is 28.2. The predicted molar refractivity (Wildman–Crippen MR) is 81.6 cm³/mol. The van der Waals surface area contributed by atoms with E-state index in [1.807, 2.05) is 0 Å². The first kappa shape index (κ1) is 14.1. The van der Waals surface area contributed by atoms with E-state index in [4.69, 9.17) is 0 Å². The number of nitrogens with zero attached hydrogens (tertiary/aromatic N) is 6. The number of hydrogen-bond acceptors (Lipinski definition) is 6. The quantitative estimate of drug-likeness (QED) is 0.700. The second-order valence-electron chi connectivity index (χ2n) is 5.65. The van der Waals surface area contributed by atoms with Gasteiger partial charge in [0.2, 0.25) is 6.41 Å². The molecule has 2 fully saturated rings. The minimum Gasteiger partial charge on any atom is -0.354 e. The van der Waals surface area contributed by atoms with Crippen molar-refractivity contribution in [2.45, 2.75) is 0 Å². The van der Waals surface area contributed by atoms with Gasteiger partial charge in [-0.05, 0) is 7.05 Å². The van der Waals surface area contributed by atoms with Gasteiger partial charge in [0.25, 0.3) is 0 Å². The maximum absolute atomic E-state index is 10.8. The van der Waals surface area contributed by atoms with Gasteiger partial charge in [-0.2, -0.15) is 0 Å². The number of rotatable bonds is 3. The normalized spacial score (nSPS) is 20.7. The molecule has 1 amide bonds. The number of piperazine rings is 2. The molecule has 0 saturated carbocycles. The lowest BCUT2D eigenvalue weighted by Crippen LogP contribution is -2.46. The van der Waals surface area contributed by atoms with Crippen molar-refractivity contribution >= 4 is 18.0 Å². The first-order chi connectivity index (χ1) is 10.3. The second kappa shape index (κ2) is 6.26. The van der Waals surface area contributed by atoms with Crippen LogP contribution in [0.3, 0.4) is 0 Å². The summed E-state index contributed by atoms with van der Waals surface area (Å²) in [6, 6.07) is 2.07. The van der Waals surface area contributed by atoms with Gasteiger partial charge in [0.1, 0.15) is 18.0 Å². The molecule has 0 N–H and O–H groups in total. The molecule has 114 valence electrons. The summed E-state index contributed by atoms with van der Waals surface area (Å²) in [6.45, 7) is 7.33. The molecule has 3 heterocycles. The standard InChI is InChI=1S/C14H22N6O/c1-17-2-6-19(7-3-17)13-10-14(16-11-15-13)20-8-4-18(12-21)5-9-20/h10-12H,2-9H2,1H3. The molecule has 2 saturated heterocycles. The fourth-order valence-corrected chi connectivity index (χ4v) is 2.78. The first-order valence-corrected chi connectivity index (χ1v) is 7.46. The molecule has 0 unspecified atom stereocenters. The molecule has 0 bridgehead atoms. The average Bonchev–Trinajstić information content (AvgIpc) is 2.56. The van der Waals surface area contributed by atoms with Crippen LogP contribution in [0.15, 0.2) is 12.4 Å². The van der Waals surface area contributed by atoms with Gasteiger partial charge in [0.15, 0.2) is 0 Å². The lowest BCUT2D eigenvalue weighted by atomic mass is 10.3. The van der Waals surface area contributed by atoms with E-state index >= 15 is 0 Å². The molecule has 0 atom stereocenters. The maximum Gasteiger partial charge on any atom is 0.209 e. The van der Waals surface area contributed by atoms with E-state index in [9.17, 15) is 4.79 Å². The van der Waals surface area contributed by atoms with Crippen molar-refractivity contribution in [3.8, 4) is 0 Å².